The van der Waals surface area contributed by atoms with E-state index in [0.717, 1.165) is 31.1 Å². The van der Waals surface area contributed by atoms with Crippen molar-refractivity contribution in [3.63, 3.8) is 0 Å². The Kier molecular flexibility index (Phi) is 5.12. The summed E-state index contributed by atoms with van der Waals surface area (Å²) in [6.07, 6.45) is 6.38. The van der Waals surface area contributed by atoms with Crippen molar-refractivity contribution in [1.29, 1.82) is 0 Å². The fourth-order valence-corrected chi connectivity index (χ4v) is 2.80. The number of allylic oxidation sites excluding steroid dienone is 1. The van der Waals surface area contributed by atoms with E-state index in [1.807, 2.05) is 0 Å². The highest BCUT2D eigenvalue weighted by Crippen LogP contribution is 2.42. The Hall–Kier alpha value is -1.12. The first kappa shape index (κ1) is 14.9. The first-order valence-electron chi connectivity index (χ1n) is 6.68. The van der Waals surface area contributed by atoms with Crippen molar-refractivity contribution in [2.24, 2.45) is 17.3 Å². The summed E-state index contributed by atoms with van der Waals surface area (Å²) in [4.78, 5) is 22.4. The quantitative estimate of drug-likeness (QED) is 0.557. The first-order valence-corrected chi connectivity index (χ1v) is 6.68. The van der Waals surface area contributed by atoms with Crippen molar-refractivity contribution in [3.8, 4) is 0 Å². The minimum absolute atomic E-state index is 0.0458. The van der Waals surface area contributed by atoms with E-state index in [0.29, 0.717) is 12.3 Å². The van der Waals surface area contributed by atoms with Crippen molar-refractivity contribution in [1.82, 2.24) is 0 Å². The monoisotopic (exact) mass is 252 g/mol. The van der Waals surface area contributed by atoms with Crippen LogP contribution in [0.25, 0.3) is 0 Å². The van der Waals surface area contributed by atoms with Crippen molar-refractivity contribution in [2.75, 3.05) is 7.11 Å². The third-order valence-corrected chi connectivity index (χ3v) is 3.99. The molecule has 1 aliphatic rings. The van der Waals surface area contributed by atoms with Gasteiger partial charge in [-0.3, -0.25) is 0 Å². The summed E-state index contributed by atoms with van der Waals surface area (Å²) in [7, 11) is 1.43. The van der Waals surface area contributed by atoms with E-state index in [1.165, 1.54) is 7.11 Å². The lowest BCUT2D eigenvalue weighted by Crippen LogP contribution is -2.29. The van der Waals surface area contributed by atoms with Gasteiger partial charge in [0.15, 0.2) is 0 Å². The van der Waals surface area contributed by atoms with Gasteiger partial charge in [-0.05, 0) is 36.5 Å². The lowest BCUT2D eigenvalue weighted by atomic mass is 9.68. The van der Waals surface area contributed by atoms with Gasteiger partial charge in [0.25, 0.3) is 0 Å². The summed E-state index contributed by atoms with van der Waals surface area (Å²) >= 11 is 0. The van der Waals surface area contributed by atoms with Gasteiger partial charge in [-0.1, -0.05) is 26.8 Å². The second kappa shape index (κ2) is 6.17. The molecule has 0 fully saturated rings. The predicted octanol–water partition coefficient (Wildman–Crippen LogP) is 3.14. The zero-order chi connectivity index (χ0) is 13.8. The molecule has 102 valence electrons. The Labute approximate surface area is 110 Å². The lowest BCUT2D eigenvalue weighted by molar-refractivity contribution is -0.137. The molecule has 0 heterocycles. The molecule has 2 atom stereocenters. The average molecular weight is 252 g/mol. The van der Waals surface area contributed by atoms with E-state index in [1.54, 1.807) is 0 Å². The van der Waals surface area contributed by atoms with Gasteiger partial charge >= 0.3 is 5.97 Å². The molecule has 0 aromatic heterocycles. The largest absolute Gasteiger partial charge is 0.466 e. The van der Waals surface area contributed by atoms with Crippen LogP contribution in [0.3, 0.4) is 0 Å². The van der Waals surface area contributed by atoms with Crippen LogP contribution in [-0.4, -0.2) is 19.4 Å². The van der Waals surface area contributed by atoms with Crippen LogP contribution in [-0.2, 0) is 14.3 Å². The molecule has 18 heavy (non-hydrogen) atoms. The Bertz CT molecular complexity index is 344. The summed E-state index contributed by atoms with van der Waals surface area (Å²) in [6.45, 7) is 6.39. The normalized spacial score (nSPS) is 27.8. The number of esters is 1. The summed E-state index contributed by atoms with van der Waals surface area (Å²) in [6, 6.07) is 0. The molecule has 0 radical (unpaired) electrons. The molecule has 0 unspecified atom stereocenters. The van der Waals surface area contributed by atoms with E-state index in [4.69, 9.17) is 4.74 Å². The van der Waals surface area contributed by atoms with E-state index in [2.05, 4.69) is 26.8 Å². The molecule has 0 N–H and O–H groups in total. The molecule has 0 aromatic carbocycles. The van der Waals surface area contributed by atoms with E-state index in [9.17, 15) is 9.59 Å². The molecule has 0 aliphatic heterocycles. The Morgan fingerprint density at radius 2 is 2.28 bits per heavy atom. The number of hydrogen-bond acceptors (Lipinski definition) is 3. The number of carbonyl (C=O) groups is 2. The van der Waals surface area contributed by atoms with Crippen molar-refractivity contribution in [3.05, 3.63) is 11.6 Å². The SMILES string of the molecule is COC(=O)C1=C[C@](C)(CCC=O)CC[C@H]1C(C)C. The van der Waals surface area contributed by atoms with Crippen molar-refractivity contribution in [2.45, 2.75) is 46.5 Å². The zero-order valence-electron chi connectivity index (χ0n) is 11.9. The maximum Gasteiger partial charge on any atom is 0.333 e. The fraction of sp³-hybridized carbons (Fsp3) is 0.733. The smallest absolute Gasteiger partial charge is 0.333 e. The van der Waals surface area contributed by atoms with E-state index in [-0.39, 0.29) is 17.3 Å². The van der Waals surface area contributed by atoms with Crippen LogP contribution in [0.5, 0.6) is 0 Å². The van der Waals surface area contributed by atoms with Crippen LogP contribution < -0.4 is 0 Å². The molecular weight excluding hydrogens is 228 g/mol. The van der Waals surface area contributed by atoms with Crippen LogP contribution in [0.15, 0.2) is 11.6 Å². The molecule has 0 spiro atoms. The van der Waals surface area contributed by atoms with Crippen molar-refractivity contribution >= 4 is 12.3 Å². The maximum atomic E-state index is 11.9. The number of rotatable bonds is 5. The fourth-order valence-electron chi connectivity index (χ4n) is 2.80. The van der Waals surface area contributed by atoms with Gasteiger partial charge in [0, 0.05) is 12.0 Å². The highest BCUT2D eigenvalue weighted by atomic mass is 16.5. The first-order chi connectivity index (χ1) is 8.43. The third-order valence-electron chi connectivity index (χ3n) is 3.99. The maximum absolute atomic E-state index is 11.9. The van der Waals surface area contributed by atoms with Gasteiger partial charge < -0.3 is 9.53 Å². The molecule has 1 rings (SSSR count). The molecule has 3 heteroatoms. The number of hydrogen-bond donors (Lipinski definition) is 0. The van der Waals surface area contributed by atoms with Crippen LogP contribution in [0.4, 0.5) is 0 Å². The van der Waals surface area contributed by atoms with Crippen LogP contribution >= 0.6 is 0 Å². The minimum atomic E-state index is -0.217. The number of ether oxygens (including phenoxy) is 1. The molecule has 0 aromatic rings. The molecule has 3 nitrogen and oxygen atoms in total. The van der Waals surface area contributed by atoms with Gasteiger partial charge in [-0.2, -0.15) is 0 Å². The topological polar surface area (TPSA) is 43.4 Å². The lowest BCUT2D eigenvalue weighted by Gasteiger charge is -2.36. The van der Waals surface area contributed by atoms with Gasteiger partial charge in [-0.25, -0.2) is 4.79 Å². The van der Waals surface area contributed by atoms with Crippen molar-refractivity contribution < 1.29 is 14.3 Å². The van der Waals surface area contributed by atoms with Crippen LogP contribution in [0, 0.1) is 17.3 Å². The molecule has 0 amide bonds. The van der Waals surface area contributed by atoms with Gasteiger partial charge in [0.2, 0.25) is 0 Å². The predicted molar refractivity (Wildman–Crippen MR) is 71.1 cm³/mol. The van der Waals surface area contributed by atoms with E-state index >= 15 is 0 Å². The Morgan fingerprint density at radius 1 is 1.61 bits per heavy atom. The third kappa shape index (κ3) is 3.44. The van der Waals surface area contributed by atoms with E-state index < -0.39 is 0 Å². The number of carbonyl (C=O) groups excluding carboxylic acids is 2. The van der Waals surface area contributed by atoms with Crippen LogP contribution in [0.2, 0.25) is 0 Å². The second-order valence-electron chi connectivity index (χ2n) is 5.84. The Balaban J connectivity index is 2.98. The van der Waals surface area contributed by atoms with Crippen LogP contribution in [0.1, 0.15) is 46.5 Å². The summed E-state index contributed by atoms with van der Waals surface area (Å²) < 4.78 is 4.89. The summed E-state index contributed by atoms with van der Waals surface area (Å²) in [5.74, 6) is 0.499. The molecule has 0 saturated heterocycles. The molecular formula is C15H24O3. The average Bonchev–Trinajstić information content (AvgIpc) is 2.35. The summed E-state index contributed by atoms with van der Waals surface area (Å²) in [5.41, 5.74) is 0.752. The molecule has 0 bridgehead atoms. The highest BCUT2D eigenvalue weighted by Gasteiger charge is 2.35. The van der Waals surface area contributed by atoms with Gasteiger partial charge in [0.1, 0.15) is 6.29 Å². The number of methoxy groups -OCH3 is 1. The Morgan fingerprint density at radius 3 is 2.78 bits per heavy atom. The van der Waals surface area contributed by atoms with Gasteiger partial charge in [0.05, 0.1) is 7.11 Å². The highest BCUT2D eigenvalue weighted by molar-refractivity contribution is 5.89. The standard InChI is InChI=1S/C15H24O3/c1-11(2)12-6-8-15(3,7-5-9-16)10-13(12)14(17)18-4/h9-12H,5-8H2,1-4H3/t12-,15+/m0/s1. The second-order valence-corrected chi connectivity index (χ2v) is 5.84. The molecule has 1 aliphatic carbocycles. The minimum Gasteiger partial charge on any atom is -0.466 e. The number of aldehydes is 1. The van der Waals surface area contributed by atoms with Gasteiger partial charge in [-0.15, -0.1) is 0 Å². The zero-order valence-corrected chi connectivity index (χ0v) is 11.9. The molecule has 0 saturated carbocycles. The summed E-state index contributed by atoms with van der Waals surface area (Å²) in [5, 5.41) is 0.